The van der Waals surface area contributed by atoms with Crippen molar-refractivity contribution < 1.29 is 4.74 Å². The molecule has 2 atom stereocenters. The van der Waals surface area contributed by atoms with Crippen LogP contribution in [0.1, 0.15) is 30.5 Å². The van der Waals surface area contributed by atoms with Crippen LogP contribution in [0.5, 0.6) is 0 Å². The molecule has 1 aliphatic heterocycles. The lowest BCUT2D eigenvalue weighted by Gasteiger charge is -2.20. The summed E-state index contributed by atoms with van der Waals surface area (Å²) in [7, 11) is 0. The van der Waals surface area contributed by atoms with Crippen molar-refractivity contribution in [3.63, 3.8) is 0 Å². The van der Waals surface area contributed by atoms with Gasteiger partial charge in [0.05, 0.1) is 6.61 Å². The summed E-state index contributed by atoms with van der Waals surface area (Å²) < 4.78 is 5.38. The lowest BCUT2D eigenvalue weighted by Crippen LogP contribution is -2.22. The van der Waals surface area contributed by atoms with E-state index in [1.807, 2.05) is 18.5 Å². The summed E-state index contributed by atoms with van der Waals surface area (Å²) in [5, 5.41) is 0. The van der Waals surface area contributed by atoms with Crippen molar-refractivity contribution in [1.82, 2.24) is 4.98 Å². The molecule has 1 fully saturated rings. The third-order valence-corrected chi connectivity index (χ3v) is 3.15. The SMILES string of the molecule is CCc1cnccc1C(N)C1CCOC1. The van der Waals surface area contributed by atoms with Crippen LogP contribution in [-0.2, 0) is 11.2 Å². The van der Waals surface area contributed by atoms with Gasteiger partial charge in [0.1, 0.15) is 0 Å². The molecule has 3 heteroatoms. The van der Waals surface area contributed by atoms with Crippen molar-refractivity contribution >= 4 is 0 Å². The molecule has 0 aromatic carbocycles. The van der Waals surface area contributed by atoms with Gasteiger partial charge in [0, 0.05) is 31.0 Å². The summed E-state index contributed by atoms with van der Waals surface area (Å²) in [6, 6.07) is 2.15. The zero-order chi connectivity index (χ0) is 10.7. The third-order valence-electron chi connectivity index (χ3n) is 3.15. The Balaban J connectivity index is 2.19. The first kappa shape index (κ1) is 10.6. The van der Waals surface area contributed by atoms with E-state index in [-0.39, 0.29) is 6.04 Å². The van der Waals surface area contributed by atoms with Gasteiger partial charge in [-0.2, -0.15) is 0 Å². The minimum Gasteiger partial charge on any atom is -0.381 e. The second kappa shape index (κ2) is 4.73. The molecule has 1 aromatic heterocycles. The summed E-state index contributed by atoms with van der Waals surface area (Å²) in [4.78, 5) is 4.14. The lowest BCUT2D eigenvalue weighted by molar-refractivity contribution is 0.181. The standard InChI is InChI=1S/C12H18N2O/c1-2-9-7-14-5-3-11(9)12(13)10-4-6-15-8-10/h3,5,7,10,12H,2,4,6,8,13H2,1H3. The Morgan fingerprint density at radius 2 is 2.53 bits per heavy atom. The van der Waals surface area contributed by atoms with Crippen LogP contribution in [0.25, 0.3) is 0 Å². The lowest BCUT2D eigenvalue weighted by atomic mass is 9.90. The van der Waals surface area contributed by atoms with Gasteiger partial charge in [0.25, 0.3) is 0 Å². The van der Waals surface area contributed by atoms with E-state index in [2.05, 4.69) is 11.9 Å². The van der Waals surface area contributed by atoms with Crippen LogP contribution in [0.3, 0.4) is 0 Å². The fourth-order valence-electron chi connectivity index (χ4n) is 2.15. The van der Waals surface area contributed by atoms with Crippen molar-refractivity contribution in [3.05, 3.63) is 29.6 Å². The Bertz CT molecular complexity index is 321. The second-order valence-corrected chi connectivity index (χ2v) is 4.08. The summed E-state index contributed by atoms with van der Waals surface area (Å²) >= 11 is 0. The zero-order valence-electron chi connectivity index (χ0n) is 9.15. The third kappa shape index (κ3) is 2.19. The van der Waals surface area contributed by atoms with Gasteiger partial charge in [-0.15, -0.1) is 0 Å². The maximum absolute atomic E-state index is 6.27. The maximum atomic E-state index is 6.27. The molecule has 0 aliphatic carbocycles. The highest BCUT2D eigenvalue weighted by Crippen LogP contribution is 2.28. The molecular formula is C12H18N2O. The van der Waals surface area contributed by atoms with Crippen molar-refractivity contribution in [3.8, 4) is 0 Å². The second-order valence-electron chi connectivity index (χ2n) is 4.08. The molecular weight excluding hydrogens is 188 g/mol. The monoisotopic (exact) mass is 206 g/mol. The van der Waals surface area contributed by atoms with Crippen LogP contribution in [0.4, 0.5) is 0 Å². The number of hydrogen-bond donors (Lipinski definition) is 1. The van der Waals surface area contributed by atoms with Gasteiger partial charge in [-0.3, -0.25) is 4.98 Å². The number of aryl methyl sites for hydroxylation is 1. The fourth-order valence-corrected chi connectivity index (χ4v) is 2.15. The molecule has 1 aliphatic rings. The normalized spacial score (nSPS) is 22.9. The first-order valence-corrected chi connectivity index (χ1v) is 5.59. The van der Waals surface area contributed by atoms with Crippen LogP contribution in [0, 0.1) is 5.92 Å². The molecule has 2 heterocycles. The molecule has 0 bridgehead atoms. The quantitative estimate of drug-likeness (QED) is 0.818. The highest BCUT2D eigenvalue weighted by molar-refractivity contribution is 5.27. The predicted molar refractivity (Wildman–Crippen MR) is 59.5 cm³/mol. The van der Waals surface area contributed by atoms with E-state index in [0.29, 0.717) is 5.92 Å². The fraction of sp³-hybridized carbons (Fsp3) is 0.583. The molecule has 2 rings (SSSR count). The van der Waals surface area contributed by atoms with Gasteiger partial charge in [0.2, 0.25) is 0 Å². The van der Waals surface area contributed by atoms with Crippen molar-refractivity contribution in [2.24, 2.45) is 11.7 Å². The topological polar surface area (TPSA) is 48.1 Å². The zero-order valence-corrected chi connectivity index (χ0v) is 9.15. The van der Waals surface area contributed by atoms with E-state index in [1.54, 1.807) is 0 Å². The molecule has 0 spiro atoms. The number of pyridine rings is 1. The van der Waals surface area contributed by atoms with Crippen LogP contribution in [-0.4, -0.2) is 18.2 Å². The molecule has 0 saturated carbocycles. The first-order valence-electron chi connectivity index (χ1n) is 5.59. The molecule has 3 nitrogen and oxygen atoms in total. The summed E-state index contributed by atoms with van der Waals surface area (Å²) in [6.45, 7) is 3.79. The van der Waals surface area contributed by atoms with Gasteiger partial charge in [-0.05, 0) is 30.0 Å². The van der Waals surface area contributed by atoms with Crippen molar-refractivity contribution in [1.29, 1.82) is 0 Å². The Morgan fingerprint density at radius 3 is 3.20 bits per heavy atom. The molecule has 82 valence electrons. The molecule has 2 N–H and O–H groups in total. The highest BCUT2D eigenvalue weighted by Gasteiger charge is 2.25. The Kier molecular flexibility index (Phi) is 3.34. The molecule has 1 aromatic rings. The largest absolute Gasteiger partial charge is 0.381 e. The minimum atomic E-state index is 0.102. The van der Waals surface area contributed by atoms with Crippen molar-refractivity contribution in [2.45, 2.75) is 25.8 Å². The summed E-state index contributed by atoms with van der Waals surface area (Å²) in [5.74, 6) is 0.470. The number of hydrogen-bond acceptors (Lipinski definition) is 3. The predicted octanol–water partition coefficient (Wildman–Crippen LogP) is 1.68. The van der Waals surface area contributed by atoms with Gasteiger partial charge >= 0.3 is 0 Å². The first-order chi connectivity index (χ1) is 7.33. The highest BCUT2D eigenvalue weighted by atomic mass is 16.5. The summed E-state index contributed by atoms with van der Waals surface area (Å²) in [6.07, 6.45) is 5.81. The smallest absolute Gasteiger partial charge is 0.0513 e. The number of nitrogens with zero attached hydrogens (tertiary/aromatic N) is 1. The van der Waals surface area contributed by atoms with Crippen LogP contribution in [0.15, 0.2) is 18.5 Å². The molecule has 2 unspecified atom stereocenters. The molecule has 0 amide bonds. The van der Waals surface area contributed by atoms with Crippen LogP contribution < -0.4 is 5.73 Å². The number of rotatable bonds is 3. The Hall–Kier alpha value is -0.930. The Morgan fingerprint density at radius 1 is 1.67 bits per heavy atom. The van der Waals surface area contributed by atoms with Gasteiger partial charge in [0.15, 0.2) is 0 Å². The number of ether oxygens (including phenoxy) is 1. The van der Waals surface area contributed by atoms with E-state index in [0.717, 1.165) is 26.1 Å². The molecule has 1 saturated heterocycles. The van der Waals surface area contributed by atoms with Gasteiger partial charge in [-0.25, -0.2) is 0 Å². The van der Waals surface area contributed by atoms with E-state index in [4.69, 9.17) is 10.5 Å². The Labute approximate surface area is 90.7 Å². The number of nitrogens with two attached hydrogens (primary N) is 1. The maximum Gasteiger partial charge on any atom is 0.0513 e. The van der Waals surface area contributed by atoms with Crippen LogP contribution >= 0.6 is 0 Å². The number of aromatic nitrogens is 1. The van der Waals surface area contributed by atoms with E-state index in [1.165, 1.54) is 11.1 Å². The van der Waals surface area contributed by atoms with Crippen molar-refractivity contribution in [2.75, 3.05) is 13.2 Å². The molecule has 0 radical (unpaired) electrons. The van der Waals surface area contributed by atoms with E-state index >= 15 is 0 Å². The van der Waals surface area contributed by atoms with E-state index in [9.17, 15) is 0 Å². The average Bonchev–Trinajstić information content (AvgIpc) is 2.81. The van der Waals surface area contributed by atoms with Gasteiger partial charge < -0.3 is 10.5 Å². The average molecular weight is 206 g/mol. The summed E-state index contributed by atoms with van der Waals surface area (Å²) in [5.41, 5.74) is 8.77. The molecule has 15 heavy (non-hydrogen) atoms. The minimum absolute atomic E-state index is 0.102. The van der Waals surface area contributed by atoms with Crippen LogP contribution in [0.2, 0.25) is 0 Å². The van der Waals surface area contributed by atoms with E-state index < -0.39 is 0 Å². The van der Waals surface area contributed by atoms with Gasteiger partial charge in [-0.1, -0.05) is 6.92 Å².